The number of aliphatic hydroxyl groups excluding tert-OH is 1. The van der Waals surface area contributed by atoms with E-state index in [2.05, 4.69) is 27.2 Å². The molecule has 1 atom stereocenters. The molecule has 2 aromatic rings. The van der Waals surface area contributed by atoms with Crippen LogP contribution in [0.3, 0.4) is 0 Å². The van der Waals surface area contributed by atoms with E-state index in [9.17, 15) is 5.11 Å². The first-order valence-corrected chi connectivity index (χ1v) is 7.33. The number of nitrogens with zero attached hydrogens (tertiary/aromatic N) is 3. The lowest BCUT2D eigenvalue weighted by Crippen LogP contribution is -2.39. The Hall–Kier alpha value is -1.66. The van der Waals surface area contributed by atoms with Crippen LogP contribution in [0.2, 0.25) is 5.15 Å². The zero-order valence-corrected chi connectivity index (χ0v) is 13.0. The highest BCUT2D eigenvalue weighted by molar-refractivity contribution is 6.30. The van der Waals surface area contributed by atoms with Crippen LogP contribution in [0.1, 0.15) is 33.1 Å². The standard InChI is InChI=1S/C14H20ClN5O/c1-3-4-5-14(2,8-21)20-12-9-6-11(15)17-7-10(9)18-13(16)19-12/h6-7,21H,3-5,8H2,1-2H3,(H3,16,18,19,20)/t14-/m1/s1. The second-order valence-corrected chi connectivity index (χ2v) is 5.79. The number of hydrogen-bond acceptors (Lipinski definition) is 6. The molecule has 0 spiro atoms. The fraction of sp³-hybridized carbons (Fsp3) is 0.500. The number of rotatable bonds is 6. The van der Waals surface area contributed by atoms with Crippen LogP contribution >= 0.6 is 11.6 Å². The first-order valence-electron chi connectivity index (χ1n) is 6.95. The van der Waals surface area contributed by atoms with Crippen LogP contribution in [-0.4, -0.2) is 32.2 Å². The number of anilines is 2. The third-order valence-corrected chi connectivity index (χ3v) is 3.62. The van der Waals surface area contributed by atoms with Crippen molar-refractivity contribution in [1.82, 2.24) is 15.0 Å². The second kappa shape index (κ2) is 6.41. The van der Waals surface area contributed by atoms with E-state index in [0.29, 0.717) is 16.5 Å². The Morgan fingerprint density at radius 1 is 1.43 bits per heavy atom. The summed E-state index contributed by atoms with van der Waals surface area (Å²) in [5.74, 6) is 0.722. The summed E-state index contributed by atoms with van der Waals surface area (Å²) in [4.78, 5) is 12.4. The van der Waals surface area contributed by atoms with Crippen LogP contribution in [0.15, 0.2) is 12.3 Å². The maximum Gasteiger partial charge on any atom is 0.222 e. The molecular formula is C14H20ClN5O. The maximum absolute atomic E-state index is 9.69. The third-order valence-electron chi connectivity index (χ3n) is 3.42. The molecule has 0 aliphatic carbocycles. The minimum atomic E-state index is -0.473. The van der Waals surface area contributed by atoms with E-state index in [1.54, 1.807) is 12.3 Å². The Morgan fingerprint density at radius 2 is 2.19 bits per heavy atom. The lowest BCUT2D eigenvalue weighted by molar-refractivity contribution is 0.212. The lowest BCUT2D eigenvalue weighted by atomic mass is 9.95. The van der Waals surface area contributed by atoms with Crippen molar-refractivity contribution in [3.63, 3.8) is 0 Å². The van der Waals surface area contributed by atoms with Crippen LogP contribution in [0.4, 0.5) is 11.8 Å². The highest BCUT2D eigenvalue weighted by Gasteiger charge is 2.24. The number of halogens is 1. The minimum Gasteiger partial charge on any atom is -0.394 e. The second-order valence-electron chi connectivity index (χ2n) is 5.40. The molecular weight excluding hydrogens is 290 g/mol. The van der Waals surface area contributed by atoms with Crippen molar-refractivity contribution in [3.8, 4) is 0 Å². The van der Waals surface area contributed by atoms with E-state index >= 15 is 0 Å². The number of nitrogens with one attached hydrogen (secondary N) is 1. The number of nitrogen functional groups attached to an aromatic ring is 1. The number of hydrogen-bond donors (Lipinski definition) is 3. The van der Waals surface area contributed by atoms with Gasteiger partial charge < -0.3 is 16.2 Å². The lowest BCUT2D eigenvalue weighted by Gasteiger charge is -2.29. The van der Waals surface area contributed by atoms with Crippen LogP contribution in [0.5, 0.6) is 0 Å². The molecule has 0 radical (unpaired) electrons. The Morgan fingerprint density at radius 3 is 2.86 bits per heavy atom. The monoisotopic (exact) mass is 309 g/mol. The largest absolute Gasteiger partial charge is 0.394 e. The van der Waals surface area contributed by atoms with Gasteiger partial charge in [0.2, 0.25) is 5.95 Å². The van der Waals surface area contributed by atoms with Gasteiger partial charge in [0.1, 0.15) is 11.0 Å². The molecule has 2 heterocycles. The summed E-state index contributed by atoms with van der Waals surface area (Å²) in [6.45, 7) is 4.06. The molecule has 114 valence electrons. The normalized spacial score (nSPS) is 14.1. The van der Waals surface area contributed by atoms with Gasteiger partial charge in [-0.15, -0.1) is 0 Å². The molecule has 6 nitrogen and oxygen atoms in total. The van der Waals surface area contributed by atoms with Gasteiger partial charge in [0, 0.05) is 5.39 Å². The highest BCUT2D eigenvalue weighted by Crippen LogP contribution is 2.27. The average molecular weight is 310 g/mol. The van der Waals surface area contributed by atoms with Gasteiger partial charge in [-0.1, -0.05) is 31.4 Å². The van der Waals surface area contributed by atoms with Crippen LogP contribution in [0, 0.1) is 0 Å². The molecule has 0 saturated heterocycles. The van der Waals surface area contributed by atoms with Crippen molar-refractivity contribution in [2.45, 2.75) is 38.6 Å². The summed E-state index contributed by atoms with van der Waals surface area (Å²) < 4.78 is 0. The summed E-state index contributed by atoms with van der Waals surface area (Å²) in [5, 5.41) is 14.1. The van der Waals surface area contributed by atoms with Gasteiger partial charge in [0.15, 0.2) is 0 Å². The van der Waals surface area contributed by atoms with Gasteiger partial charge in [-0.3, -0.25) is 0 Å². The summed E-state index contributed by atoms with van der Waals surface area (Å²) in [6.07, 6.45) is 4.44. The van der Waals surface area contributed by atoms with Crippen molar-refractivity contribution in [3.05, 3.63) is 17.4 Å². The zero-order chi connectivity index (χ0) is 15.5. The van der Waals surface area contributed by atoms with Gasteiger partial charge in [-0.2, -0.15) is 4.98 Å². The van der Waals surface area contributed by atoms with Gasteiger partial charge in [-0.25, -0.2) is 9.97 Å². The van der Waals surface area contributed by atoms with Crippen molar-refractivity contribution >= 4 is 34.3 Å². The fourth-order valence-electron chi connectivity index (χ4n) is 2.15. The van der Waals surface area contributed by atoms with Crippen molar-refractivity contribution in [2.75, 3.05) is 17.7 Å². The first kappa shape index (κ1) is 15.7. The SMILES string of the molecule is CCCC[C@](C)(CO)Nc1nc(N)nc2cnc(Cl)cc12. The van der Waals surface area contributed by atoms with Crippen molar-refractivity contribution in [1.29, 1.82) is 0 Å². The first-order chi connectivity index (χ1) is 9.97. The van der Waals surface area contributed by atoms with Crippen LogP contribution < -0.4 is 11.1 Å². The number of aliphatic hydroxyl groups is 1. The smallest absolute Gasteiger partial charge is 0.222 e. The molecule has 7 heteroatoms. The molecule has 0 aliphatic heterocycles. The number of unbranched alkanes of at least 4 members (excludes halogenated alkanes) is 1. The van der Waals surface area contributed by atoms with Crippen LogP contribution in [0.25, 0.3) is 10.9 Å². The van der Waals surface area contributed by atoms with Gasteiger partial charge in [-0.05, 0) is 19.4 Å². The molecule has 0 unspecified atom stereocenters. The van der Waals surface area contributed by atoms with E-state index < -0.39 is 5.54 Å². The molecule has 0 bridgehead atoms. The van der Waals surface area contributed by atoms with Gasteiger partial charge >= 0.3 is 0 Å². The van der Waals surface area contributed by atoms with Crippen molar-refractivity contribution in [2.24, 2.45) is 0 Å². The van der Waals surface area contributed by atoms with E-state index in [4.69, 9.17) is 17.3 Å². The predicted molar refractivity (Wildman–Crippen MR) is 85.4 cm³/mol. The number of nitrogens with two attached hydrogens (primary N) is 1. The van der Waals surface area contributed by atoms with E-state index in [1.165, 1.54) is 0 Å². The average Bonchev–Trinajstić information content (AvgIpc) is 2.46. The van der Waals surface area contributed by atoms with E-state index in [-0.39, 0.29) is 12.6 Å². The molecule has 0 aromatic carbocycles. The number of pyridine rings is 1. The molecule has 0 amide bonds. The molecule has 21 heavy (non-hydrogen) atoms. The summed E-state index contributed by atoms with van der Waals surface area (Å²) >= 11 is 5.94. The summed E-state index contributed by atoms with van der Waals surface area (Å²) in [7, 11) is 0. The van der Waals surface area contributed by atoms with Gasteiger partial charge in [0.25, 0.3) is 0 Å². The molecule has 0 saturated carbocycles. The Labute approximate surface area is 128 Å². The van der Waals surface area contributed by atoms with Crippen LogP contribution in [-0.2, 0) is 0 Å². The third kappa shape index (κ3) is 3.71. The summed E-state index contributed by atoms with van der Waals surface area (Å²) in [6, 6.07) is 1.69. The molecule has 0 fully saturated rings. The summed E-state index contributed by atoms with van der Waals surface area (Å²) in [5.41, 5.74) is 5.88. The topological polar surface area (TPSA) is 97.0 Å². The Balaban J connectivity index is 2.42. The fourth-order valence-corrected chi connectivity index (χ4v) is 2.31. The predicted octanol–water partition coefficient (Wildman–Crippen LogP) is 2.61. The van der Waals surface area contributed by atoms with Crippen molar-refractivity contribution < 1.29 is 5.11 Å². The quantitative estimate of drug-likeness (QED) is 0.710. The molecule has 4 N–H and O–H groups in total. The highest BCUT2D eigenvalue weighted by atomic mass is 35.5. The van der Waals surface area contributed by atoms with Gasteiger partial charge in [0.05, 0.1) is 23.9 Å². The van der Waals surface area contributed by atoms with E-state index in [1.807, 2.05) is 6.92 Å². The Kier molecular flexibility index (Phi) is 4.80. The number of aromatic nitrogens is 3. The minimum absolute atomic E-state index is 0.00276. The number of fused-ring (bicyclic) bond motifs is 1. The Bertz CT molecular complexity index is 636. The van der Waals surface area contributed by atoms with E-state index in [0.717, 1.165) is 24.6 Å². The maximum atomic E-state index is 9.69. The zero-order valence-electron chi connectivity index (χ0n) is 12.2. The molecule has 0 aliphatic rings. The molecule has 2 aromatic heterocycles. The molecule has 2 rings (SSSR count).